The molecule has 112 valence electrons. The smallest absolute Gasteiger partial charge is 0.124 e. The number of methoxy groups -OCH3 is 1. The molecular formula is C17H19Br2NO. The highest BCUT2D eigenvalue weighted by atomic mass is 79.9. The van der Waals surface area contributed by atoms with Crippen molar-refractivity contribution in [1.82, 2.24) is 5.32 Å². The molecule has 1 N–H and O–H groups in total. The molecular weight excluding hydrogens is 394 g/mol. The van der Waals surface area contributed by atoms with Crippen molar-refractivity contribution < 1.29 is 4.74 Å². The van der Waals surface area contributed by atoms with E-state index in [0.717, 1.165) is 33.2 Å². The summed E-state index contributed by atoms with van der Waals surface area (Å²) < 4.78 is 7.67. The molecule has 0 heterocycles. The Morgan fingerprint density at radius 3 is 2.52 bits per heavy atom. The van der Waals surface area contributed by atoms with Gasteiger partial charge in [-0.1, -0.05) is 50.9 Å². The second-order valence-corrected chi connectivity index (χ2v) is 6.66. The van der Waals surface area contributed by atoms with Crippen LogP contribution in [0.2, 0.25) is 0 Å². The lowest BCUT2D eigenvalue weighted by atomic mass is 9.97. The van der Waals surface area contributed by atoms with Crippen LogP contribution in [0.1, 0.15) is 30.5 Å². The molecule has 0 radical (unpaired) electrons. The third-order valence-electron chi connectivity index (χ3n) is 3.28. The first-order valence-electron chi connectivity index (χ1n) is 6.98. The molecule has 0 aliphatic heterocycles. The van der Waals surface area contributed by atoms with Gasteiger partial charge in [-0.15, -0.1) is 0 Å². The number of hydrogen-bond donors (Lipinski definition) is 1. The average molecular weight is 413 g/mol. The summed E-state index contributed by atoms with van der Waals surface area (Å²) in [5.74, 6) is 0.895. The molecule has 0 spiro atoms. The molecule has 2 rings (SSSR count). The van der Waals surface area contributed by atoms with E-state index >= 15 is 0 Å². The highest BCUT2D eigenvalue weighted by molar-refractivity contribution is 9.10. The fraction of sp³-hybridized carbons (Fsp3) is 0.294. The quantitative estimate of drug-likeness (QED) is 0.694. The number of rotatable bonds is 6. The van der Waals surface area contributed by atoms with Crippen LogP contribution in [-0.2, 0) is 0 Å². The number of hydrogen-bond acceptors (Lipinski definition) is 2. The maximum absolute atomic E-state index is 5.54. The standard InChI is InChI=1S/C17H19Br2NO/c1-3-9-20-17(12-5-4-6-13(18)10-12)15-11-14(19)7-8-16(15)21-2/h4-8,10-11,17,20H,3,9H2,1-2H3. The molecule has 0 aliphatic carbocycles. The van der Waals surface area contributed by atoms with E-state index in [9.17, 15) is 0 Å². The van der Waals surface area contributed by atoms with Gasteiger partial charge < -0.3 is 10.1 Å². The fourth-order valence-electron chi connectivity index (χ4n) is 2.31. The van der Waals surface area contributed by atoms with Crippen molar-refractivity contribution in [3.8, 4) is 5.75 Å². The van der Waals surface area contributed by atoms with Gasteiger partial charge in [0.25, 0.3) is 0 Å². The Balaban J connectivity index is 2.47. The lowest BCUT2D eigenvalue weighted by molar-refractivity contribution is 0.403. The Hall–Kier alpha value is -0.840. The second-order valence-electron chi connectivity index (χ2n) is 4.83. The van der Waals surface area contributed by atoms with Crippen molar-refractivity contribution in [2.45, 2.75) is 19.4 Å². The van der Waals surface area contributed by atoms with E-state index in [0.29, 0.717) is 0 Å². The SMILES string of the molecule is CCCNC(c1cccc(Br)c1)c1cc(Br)ccc1OC. The third-order valence-corrected chi connectivity index (χ3v) is 4.27. The maximum Gasteiger partial charge on any atom is 0.124 e. The minimum atomic E-state index is 0.106. The van der Waals surface area contributed by atoms with E-state index in [2.05, 4.69) is 68.4 Å². The van der Waals surface area contributed by atoms with E-state index in [4.69, 9.17) is 4.74 Å². The summed E-state index contributed by atoms with van der Waals surface area (Å²) in [6.45, 7) is 3.12. The number of halogens is 2. The normalized spacial score (nSPS) is 12.2. The Labute approximate surface area is 143 Å². The molecule has 0 aromatic heterocycles. The van der Waals surface area contributed by atoms with Crippen LogP contribution in [0.25, 0.3) is 0 Å². The van der Waals surface area contributed by atoms with Crippen LogP contribution in [-0.4, -0.2) is 13.7 Å². The zero-order valence-electron chi connectivity index (χ0n) is 12.2. The van der Waals surface area contributed by atoms with Gasteiger partial charge in [-0.3, -0.25) is 0 Å². The zero-order valence-corrected chi connectivity index (χ0v) is 15.4. The molecule has 0 aliphatic rings. The second kappa shape index (κ2) is 7.97. The predicted molar refractivity (Wildman–Crippen MR) is 95.0 cm³/mol. The number of nitrogens with one attached hydrogen (secondary N) is 1. The van der Waals surface area contributed by atoms with Gasteiger partial charge in [0.2, 0.25) is 0 Å². The predicted octanol–water partition coefficient (Wildman–Crippen LogP) is 5.31. The first-order chi connectivity index (χ1) is 10.2. The van der Waals surface area contributed by atoms with Gasteiger partial charge in [-0.25, -0.2) is 0 Å². The van der Waals surface area contributed by atoms with E-state index in [1.165, 1.54) is 5.56 Å². The van der Waals surface area contributed by atoms with Crippen LogP contribution < -0.4 is 10.1 Å². The molecule has 2 nitrogen and oxygen atoms in total. The molecule has 0 saturated carbocycles. The molecule has 0 fully saturated rings. The van der Waals surface area contributed by atoms with Gasteiger partial charge in [0, 0.05) is 14.5 Å². The molecule has 21 heavy (non-hydrogen) atoms. The highest BCUT2D eigenvalue weighted by Gasteiger charge is 2.18. The topological polar surface area (TPSA) is 21.3 Å². The molecule has 0 amide bonds. The Morgan fingerprint density at radius 2 is 1.86 bits per heavy atom. The Bertz CT molecular complexity index is 601. The minimum absolute atomic E-state index is 0.106. The van der Waals surface area contributed by atoms with E-state index in [1.54, 1.807) is 7.11 Å². The van der Waals surface area contributed by atoms with E-state index in [-0.39, 0.29) is 6.04 Å². The van der Waals surface area contributed by atoms with Crippen molar-refractivity contribution >= 4 is 31.9 Å². The Kier molecular flexibility index (Phi) is 6.27. The summed E-state index contributed by atoms with van der Waals surface area (Å²) in [6, 6.07) is 14.6. The van der Waals surface area contributed by atoms with Gasteiger partial charge >= 0.3 is 0 Å². The molecule has 2 aromatic carbocycles. The first kappa shape index (κ1) is 16.5. The highest BCUT2D eigenvalue weighted by Crippen LogP contribution is 2.33. The van der Waals surface area contributed by atoms with Gasteiger partial charge in [0.15, 0.2) is 0 Å². The van der Waals surface area contributed by atoms with Crippen LogP contribution >= 0.6 is 31.9 Å². The number of ether oxygens (including phenoxy) is 1. The summed E-state index contributed by atoms with van der Waals surface area (Å²) in [4.78, 5) is 0. The summed E-state index contributed by atoms with van der Waals surface area (Å²) in [7, 11) is 1.71. The lowest BCUT2D eigenvalue weighted by Crippen LogP contribution is -2.23. The molecule has 0 bridgehead atoms. The van der Waals surface area contributed by atoms with Crippen molar-refractivity contribution in [3.63, 3.8) is 0 Å². The molecule has 4 heteroatoms. The largest absolute Gasteiger partial charge is 0.496 e. The number of benzene rings is 2. The van der Waals surface area contributed by atoms with Crippen LogP contribution in [0.5, 0.6) is 5.75 Å². The van der Waals surface area contributed by atoms with Crippen LogP contribution in [0.3, 0.4) is 0 Å². The van der Waals surface area contributed by atoms with Crippen molar-refractivity contribution in [1.29, 1.82) is 0 Å². The van der Waals surface area contributed by atoms with Gasteiger partial charge in [-0.05, 0) is 48.9 Å². The minimum Gasteiger partial charge on any atom is -0.496 e. The maximum atomic E-state index is 5.54. The van der Waals surface area contributed by atoms with Crippen LogP contribution in [0.15, 0.2) is 51.4 Å². The summed E-state index contributed by atoms with van der Waals surface area (Å²) in [5, 5.41) is 3.61. The average Bonchev–Trinajstić information content (AvgIpc) is 2.48. The summed E-state index contributed by atoms with van der Waals surface area (Å²) >= 11 is 7.11. The van der Waals surface area contributed by atoms with Gasteiger partial charge in [-0.2, -0.15) is 0 Å². The lowest BCUT2D eigenvalue weighted by Gasteiger charge is -2.22. The monoisotopic (exact) mass is 411 g/mol. The zero-order chi connectivity index (χ0) is 15.2. The van der Waals surface area contributed by atoms with Gasteiger partial charge in [0.05, 0.1) is 13.2 Å². The van der Waals surface area contributed by atoms with E-state index in [1.807, 2.05) is 18.2 Å². The van der Waals surface area contributed by atoms with Crippen LogP contribution in [0, 0.1) is 0 Å². The summed E-state index contributed by atoms with van der Waals surface area (Å²) in [6.07, 6.45) is 1.08. The van der Waals surface area contributed by atoms with Crippen molar-refractivity contribution in [2.24, 2.45) is 0 Å². The fourth-order valence-corrected chi connectivity index (χ4v) is 3.11. The molecule has 0 saturated heterocycles. The van der Waals surface area contributed by atoms with Crippen LogP contribution in [0.4, 0.5) is 0 Å². The van der Waals surface area contributed by atoms with Crippen molar-refractivity contribution in [2.75, 3.05) is 13.7 Å². The van der Waals surface area contributed by atoms with Gasteiger partial charge in [0.1, 0.15) is 5.75 Å². The van der Waals surface area contributed by atoms with Crippen molar-refractivity contribution in [3.05, 3.63) is 62.5 Å². The molecule has 2 aromatic rings. The molecule has 1 atom stereocenters. The Morgan fingerprint density at radius 1 is 1.10 bits per heavy atom. The van der Waals surface area contributed by atoms with E-state index < -0.39 is 0 Å². The third kappa shape index (κ3) is 4.31. The first-order valence-corrected chi connectivity index (χ1v) is 8.56. The molecule has 1 unspecified atom stereocenters. The summed E-state index contributed by atoms with van der Waals surface area (Å²) in [5.41, 5.74) is 2.35.